The molecule has 6 heteroatoms. The third-order valence-electron chi connectivity index (χ3n) is 5.03. The van der Waals surface area contributed by atoms with Crippen LogP contribution in [0.5, 0.6) is 0 Å². The highest BCUT2D eigenvalue weighted by atomic mass is 19.1. The molecule has 0 amide bonds. The minimum Gasteiger partial charge on any atom is -0.466 e. The number of aliphatic hydroxyl groups excluding tert-OH is 1. The van der Waals surface area contributed by atoms with Crippen molar-refractivity contribution >= 4 is 5.97 Å². The van der Waals surface area contributed by atoms with E-state index in [1.165, 1.54) is 0 Å². The average molecular weight is 358 g/mol. The molecule has 1 saturated carbocycles. The highest BCUT2D eigenvalue weighted by Crippen LogP contribution is 2.45. The van der Waals surface area contributed by atoms with E-state index in [0.29, 0.717) is 31.7 Å². The van der Waals surface area contributed by atoms with Gasteiger partial charge in [-0.2, -0.15) is 0 Å². The number of carbonyl (C=O) groups excluding carboxylic acids is 1. The van der Waals surface area contributed by atoms with Crippen molar-refractivity contribution in [3.8, 4) is 11.4 Å². The maximum absolute atomic E-state index is 13.0. The van der Waals surface area contributed by atoms with Gasteiger partial charge >= 0.3 is 5.97 Å². The minimum atomic E-state index is -0.725. The normalized spacial score (nSPS) is 25.2. The molecule has 0 spiro atoms. The number of halogens is 1. The van der Waals surface area contributed by atoms with Crippen molar-refractivity contribution in [3.63, 3.8) is 0 Å². The molecule has 1 fully saturated rings. The van der Waals surface area contributed by atoms with Crippen LogP contribution in [0.3, 0.4) is 0 Å². The molecule has 26 heavy (non-hydrogen) atoms. The number of carbonyl (C=O) groups is 1. The molecule has 1 N–H and O–H groups in total. The lowest BCUT2D eigenvalue weighted by Gasteiger charge is -2.27. The summed E-state index contributed by atoms with van der Waals surface area (Å²) in [4.78, 5) is 20.7. The van der Waals surface area contributed by atoms with Crippen LogP contribution in [-0.2, 0) is 16.0 Å². The van der Waals surface area contributed by atoms with Crippen molar-refractivity contribution in [3.05, 3.63) is 48.0 Å². The van der Waals surface area contributed by atoms with Gasteiger partial charge in [-0.1, -0.05) is 25.1 Å². The van der Waals surface area contributed by atoms with E-state index in [9.17, 15) is 14.3 Å². The lowest BCUT2D eigenvalue weighted by atomic mass is 9.79. The van der Waals surface area contributed by atoms with Crippen molar-refractivity contribution in [1.82, 2.24) is 9.97 Å². The third kappa shape index (κ3) is 3.75. The van der Waals surface area contributed by atoms with E-state index in [4.69, 9.17) is 4.74 Å². The summed E-state index contributed by atoms with van der Waals surface area (Å²) >= 11 is 0. The summed E-state index contributed by atoms with van der Waals surface area (Å²) in [5.74, 6) is -0.270. The number of aromatic nitrogens is 2. The third-order valence-corrected chi connectivity index (χ3v) is 5.03. The Morgan fingerprint density at radius 3 is 2.69 bits per heavy atom. The highest BCUT2D eigenvalue weighted by molar-refractivity contribution is 5.78. The summed E-state index contributed by atoms with van der Waals surface area (Å²) in [6, 6.07) is 7.55. The summed E-state index contributed by atoms with van der Waals surface area (Å²) in [5, 5.41) is 10.2. The first-order valence-electron chi connectivity index (χ1n) is 8.85. The number of hydrogen-bond donors (Lipinski definition) is 1. The Kier molecular flexibility index (Phi) is 5.32. The molecule has 1 aliphatic rings. The van der Waals surface area contributed by atoms with Gasteiger partial charge in [0.15, 0.2) is 11.6 Å². The molecule has 0 radical (unpaired) electrons. The van der Waals surface area contributed by atoms with Crippen LogP contribution in [0.1, 0.15) is 32.3 Å². The first kappa shape index (κ1) is 18.5. The van der Waals surface area contributed by atoms with Crippen LogP contribution in [-0.4, -0.2) is 33.8 Å². The number of benzene rings is 1. The van der Waals surface area contributed by atoms with Gasteiger partial charge in [0.25, 0.3) is 0 Å². The van der Waals surface area contributed by atoms with Crippen LogP contribution in [0.2, 0.25) is 0 Å². The van der Waals surface area contributed by atoms with Gasteiger partial charge in [-0.3, -0.25) is 4.79 Å². The van der Waals surface area contributed by atoms with Crippen LogP contribution in [0.4, 0.5) is 4.39 Å². The number of aliphatic hydroxyl groups is 1. The van der Waals surface area contributed by atoms with Gasteiger partial charge in [-0.25, -0.2) is 14.4 Å². The van der Waals surface area contributed by atoms with Gasteiger partial charge in [-0.05, 0) is 43.7 Å². The van der Waals surface area contributed by atoms with Crippen LogP contribution >= 0.6 is 0 Å². The molecule has 0 aliphatic heterocycles. The molecular formula is C20H23FN2O3. The quantitative estimate of drug-likeness (QED) is 0.831. The van der Waals surface area contributed by atoms with Gasteiger partial charge in [0.2, 0.25) is 0 Å². The van der Waals surface area contributed by atoms with Crippen molar-refractivity contribution in [2.75, 3.05) is 6.61 Å². The van der Waals surface area contributed by atoms with Crippen LogP contribution in [0.15, 0.2) is 36.7 Å². The Bertz CT molecular complexity index is 769. The van der Waals surface area contributed by atoms with Crippen molar-refractivity contribution in [1.29, 1.82) is 0 Å². The fourth-order valence-corrected chi connectivity index (χ4v) is 3.78. The van der Waals surface area contributed by atoms with E-state index in [1.54, 1.807) is 6.92 Å². The van der Waals surface area contributed by atoms with Gasteiger partial charge < -0.3 is 9.84 Å². The number of esters is 1. The van der Waals surface area contributed by atoms with E-state index in [1.807, 2.05) is 31.2 Å². The first-order chi connectivity index (χ1) is 12.4. The van der Waals surface area contributed by atoms with E-state index in [2.05, 4.69) is 9.97 Å². The fraction of sp³-hybridized carbons (Fsp3) is 0.450. The summed E-state index contributed by atoms with van der Waals surface area (Å²) < 4.78 is 18.3. The topological polar surface area (TPSA) is 72.3 Å². The molecular weight excluding hydrogens is 335 g/mol. The van der Waals surface area contributed by atoms with E-state index in [-0.39, 0.29) is 11.9 Å². The second kappa shape index (κ2) is 7.50. The zero-order valence-corrected chi connectivity index (χ0v) is 15.0. The molecule has 2 aromatic rings. The molecule has 3 rings (SSSR count). The maximum Gasteiger partial charge on any atom is 0.312 e. The van der Waals surface area contributed by atoms with Crippen molar-refractivity contribution in [2.45, 2.75) is 39.2 Å². The predicted octanol–water partition coefficient (Wildman–Crippen LogP) is 3.17. The lowest BCUT2D eigenvalue weighted by molar-refractivity contribution is -0.155. The molecule has 1 aromatic heterocycles. The standard InChI is InChI=1S/C20H23FN2O3/c1-3-26-19(25)20(8-13(2)17(24)10-20)9-14-5-4-6-15(7-14)18-22-11-16(21)12-23-18/h4-7,11-13,17,24H,3,8-10H2,1-2H3/t13-,17-,20+/m0/s1. The van der Waals surface area contributed by atoms with Crippen molar-refractivity contribution < 1.29 is 19.0 Å². The Morgan fingerprint density at radius 2 is 2.08 bits per heavy atom. The number of ether oxygens (including phenoxy) is 1. The summed E-state index contributed by atoms with van der Waals surface area (Å²) in [6.07, 6.45) is 3.20. The zero-order chi connectivity index (χ0) is 18.7. The Hall–Kier alpha value is -2.34. The van der Waals surface area contributed by atoms with Crippen LogP contribution < -0.4 is 0 Å². The monoisotopic (exact) mass is 358 g/mol. The van der Waals surface area contributed by atoms with Crippen molar-refractivity contribution in [2.24, 2.45) is 11.3 Å². The van der Waals surface area contributed by atoms with Crippen LogP contribution in [0.25, 0.3) is 11.4 Å². The highest BCUT2D eigenvalue weighted by Gasteiger charge is 2.49. The predicted molar refractivity (Wildman–Crippen MR) is 94.6 cm³/mol. The molecule has 1 aliphatic carbocycles. The summed E-state index contributed by atoms with van der Waals surface area (Å²) in [7, 11) is 0. The van der Waals surface area contributed by atoms with Gasteiger partial charge in [0, 0.05) is 5.56 Å². The van der Waals surface area contributed by atoms with E-state index in [0.717, 1.165) is 23.5 Å². The molecule has 3 atom stereocenters. The largest absolute Gasteiger partial charge is 0.466 e. The Labute approximate surface area is 152 Å². The Morgan fingerprint density at radius 1 is 1.35 bits per heavy atom. The number of nitrogens with zero attached hydrogens (tertiary/aromatic N) is 2. The summed E-state index contributed by atoms with van der Waals surface area (Å²) in [5.41, 5.74) is 0.967. The molecule has 138 valence electrons. The molecule has 0 saturated heterocycles. The minimum absolute atomic E-state index is 0.0445. The maximum atomic E-state index is 13.0. The molecule has 0 bridgehead atoms. The fourth-order valence-electron chi connectivity index (χ4n) is 3.78. The average Bonchev–Trinajstić information content (AvgIpc) is 2.91. The number of hydrogen-bond acceptors (Lipinski definition) is 5. The lowest BCUT2D eigenvalue weighted by Crippen LogP contribution is -2.33. The van der Waals surface area contributed by atoms with Gasteiger partial charge in [-0.15, -0.1) is 0 Å². The zero-order valence-electron chi connectivity index (χ0n) is 15.0. The second-order valence-electron chi connectivity index (χ2n) is 7.06. The van der Waals surface area contributed by atoms with E-state index >= 15 is 0 Å². The second-order valence-corrected chi connectivity index (χ2v) is 7.06. The number of rotatable bonds is 5. The van der Waals surface area contributed by atoms with Gasteiger partial charge in [0.05, 0.1) is 30.5 Å². The molecule has 5 nitrogen and oxygen atoms in total. The van der Waals surface area contributed by atoms with Crippen LogP contribution in [0, 0.1) is 17.2 Å². The molecule has 1 heterocycles. The molecule has 1 aromatic carbocycles. The molecule has 0 unspecified atom stereocenters. The Balaban J connectivity index is 1.89. The smallest absolute Gasteiger partial charge is 0.312 e. The van der Waals surface area contributed by atoms with Gasteiger partial charge in [0.1, 0.15) is 0 Å². The SMILES string of the molecule is CCOC(=O)[C@@]1(Cc2cccc(-c3ncc(F)cn3)c2)C[C@H](C)[C@@H](O)C1. The van der Waals surface area contributed by atoms with E-state index < -0.39 is 17.3 Å². The summed E-state index contributed by atoms with van der Waals surface area (Å²) in [6.45, 7) is 4.05. The first-order valence-corrected chi connectivity index (χ1v) is 8.85.